The molecule has 2 heterocycles. The molecule has 0 N–H and O–H groups in total. The highest BCUT2D eigenvalue weighted by atomic mass is 16.3. The van der Waals surface area contributed by atoms with Crippen molar-refractivity contribution in [3.05, 3.63) is 170 Å². The Morgan fingerprint density at radius 3 is 1.88 bits per heavy atom. The van der Waals surface area contributed by atoms with Gasteiger partial charge in [0.05, 0.1) is 11.4 Å². The van der Waals surface area contributed by atoms with Crippen molar-refractivity contribution < 1.29 is 4.42 Å². The lowest BCUT2D eigenvalue weighted by molar-refractivity contribution is 0.669. The summed E-state index contributed by atoms with van der Waals surface area (Å²) in [6.45, 7) is 0. The predicted octanol–water partition coefficient (Wildman–Crippen LogP) is 12.5. The number of nitrogens with zero attached hydrogens (tertiary/aromatic N) is 2. The van der Waals surface area contributed by atoms with Crippen LogP contribution in [0.1, 0.15) is 0 Å². The number of aromatic nitrogens is 2. The predicted molar refractivity (Wildman–Crippen MR) is 204 cm³/mol. The summed E-state index contributed by atoms with van der Waals surface area (Å²) in [5, 5.41) is 9.35. The number of benzene rings is 8. The van der Waals surface area contributed by atoms with Crippen molar-refractivity contribution in [3.8, 4) is 45.0 Å². The van der Waals surface area contributed by atoms with E-state index in [1.54, 1.807) is 0 Å². The number of hydrogen-bond donors (Lipinski definition) is 0. The molecule has 228 valence electrons. The second-order valence-electron chi connectivity index (χ2n) is 12.5. The van der Waals surface area contributed by atoms with Crippen LogP contribution in [-0.4, -0.2) is 9.97 Å². The third-order valence-electron chi connectivity index (χ3n) is 9.66. The number of para-hydroxylation sites is 1. The van der Waals surface area contributed by atoms with Crippen molar-refractivity contribution >= 4 is 54.3 Å². The summed E-state index contributed by atoms with van der Waals surface area (Å²) in [6.07, 6.45) is 0. The van der Waals surface area contributed by atoms with Crippen molar-refractivity contribution in [2.45, 2.75) is 0 Å². The number of fused-ring (bicyclic) bond motifs is 7. The third-order valence-corrected chi connectivity index (χ3v) is 9.66. The summed E-state index contributed by atoms with van der Waals surface area (Å²) < 4.78 is 6.31. The Hall–Kier alpha value is -6.58. The summed E-state index contributed by atoms with van der Waals surface area (Å²) >= 11 is 0. The van der Waals surface area contributed by atoms with Crippen LogP contribution in [-0.2, 0) is 0 Å². The number of furan rings is 1. The summed E-state index contributed by atoms with van der Waals surface area (Å²) in [4.78, 5) is 10.7. The molecule has 0 amide bonds. The van der Waals surface area contributed by atoms with Gasteiger partial charge < -0.3 is 4.42 Å². The van der Waals surface area contributed by atoms with Crippen LogP contribution in [0.3, 0.4) is 0 Å². The molecule has 0 spiro atoms. The molecule has 0 bridgehead atoms. The lowest BCUT2D eigenvalue weighted by atomic mass is 9.90. The lowest BCUT2D eigenvalue weighted by Gasteiger charge is -2.17. The molecular weight excluding hydrogens is 597 g/mol. The van der Waals surface area contributed by atoms with Gasteiger partial charge in [0.25, 0.3) is 0 Å². The third kappa shape index (κ3) is 4.44. The molecule has 0 saturated heterocycles. The van der Waals surface area contributed by atoms with E-state index in [4.69, 9.17) is 14.4 Å². The fraction of sp³-hybridized carbons (Fsp3) is 0. The largest absolute Gasteiger partial charge is 0.456 e. The van der Waals surface area contributed by atoms with Gasteiger partial charge in [0.1, 0.15) is 11.2 Å². The second-order valence-corrected chi connectivity index (χ2v) is 12.5. The van der Waals surface area contributed by atoms with Crippen molar-refractivity contribution in [1.29, 1.82) is 0 Å². The maximum absolute atomic E-state index is 6.31. The first-order chi connectivity index (χ1) is 24.3. The van der Waals surface area contributed by atoms with Crippen molar-refractivity contribution in [2.24, 2.45) is 0 Å². The molecule has 49 heavy (non-hydrogen) atoms. The van der Waals surface area contributed by atoms with Gasteiger partial charge in [-0.2, -0.15) is 0 Å². The Bertz CT molecular complexity index is 2890. The first-order valence-corrected chi connectivity index (χ1v) is 16.6. The lowest BCUT2D eigenvalue weighted by Crippen LogP contribution is -1.98. The summed E-state index contributed by atoms with van der Waals surface area (Å²) in [6, 6.07) is 59.6. The zero-order chi connectivity index (χ0) is 32.3. The molecule has 10 aromatic rings. The fourth-order valence-corrected chi connectivity index (χ4v) is 7.48. The van der Waals surface area contributed by atoms with E-state index < -0.39 is 0 Å². The average Bonchev–Trinajstić information content (AvgIpc) is 3.56. The van der Waals surface area contributed by atoms with E-state index in [-0.39, 0.29) is 0 Å². The highest BCUT2D eigenvalue weighted by molar-refractivity contribution is 6.22. The molecule has 0 aliphatic carbocycles. The van der Waals surface area contributed by atoms with Crippen molar-refractivity contribution in [2.75, 3.05) is 0 Å². The van der Waals surface area contributed by atoms with Gasteiger partial charge in [0.15, 0.2) is 5.82 Å². The van der Waals surface area contributed by atoms with Gasteiger partial charge in [0.2, 0.25) is 0 Å². The summed E-state index contributed by atoms with van der Waals surface area (Å²) in [5.41, 5.74) is 8.85. The molecule has 3 nitrogen and oxygen atoms in total. The van der Waals surface area contributed by atoms with Crippen LogP contribution in [0.25, 0.3) is 99.3 Å². The molecular formula is C46H28N2O. The highest BCUT2D eigenvalue weighted by Gasteiger charge is 2.20. The zero-order valence-electron chi connectivity index (χ0n) is 26.5. The van der Waals surface area contributed by atoms with Gasteiger partial charge in [-0.25, -0.2) is 9.97 Å². The minimum atomic E-state index is 0.691. The van der Waals surface area contributed by atoms with Crippen LogP contribution in [0.2, 0.25) is 0 Å². The molecule has 0 aliphatic heterocycles. The SMILES string of the molecule is c1ccc(-c2nc(-c3ccccc3-c3cccc4oc5ccccc5c34)cc(-c3c4ccccc4cc4ccc5ccccc5c34)n2)cc1. The standard InChI is InChI=1S/C46H28N2O/c1-2-14-30(15-3-1)46-47-39(36-20-9-8-19-35(36)37-22-12-24-42-44(37)38-21-10-11-23-41(38)49-42)28-40(48-46)45-34-18-7-5-16-31(34)27-32-26-25-29-13-4-6-17-33(29)43(32)45/h1-28H. The Balaban J connectivity index is 1.31. The van der Waals surface area contributed by atoms with Gasteiger partial charge >= 0.3 is 0 Å². The topological polar surface area (TPSA) is 38.9 Å². The van der Waals surface area contributed by atoms with Crippen LogP contribution >= 0.6 is 0 Å². The summed E-state index contributed by atoms with van der Waals surface area (Å²) in [7, 11) is 0. The Labute approximate surface area is 282 Å². The molecule has 3 heteroatoms. The molecule has 0 saturated carbocycles. The quantitative estimate of drug-likeness (QED) is 0.144. The van der Waals surface area contributed by atoms with Crippen LogP contribution in [0.4, 0.5) is 0 Å². The molecule has 0 atom stereocenters. The maximum Gasteiger partial charge on any atom is 0.160 e. The molecule has 10 rings (SSSR count). The highest BCUT2D eigenvalue weighted by Crippen LogP contribution is 2.43. The summed E-state index contributed by atoms with van der Waals surface area (Å²) in [5.74, 6) is 0.691. The Morgan fingerprint density at radius 1 is 0.367 bits per heavy atom. The zero-order valence-corrected chi connectivity index (χ0v) is 26.5. The smallest absolute Gasteiger partial charge is 0.160 e. The van der Waals surface area contributed by atoms with Crippen molar-refractivity contribution in [3.63, 3.8) is 0 Å². The van der Waals surface area contributed by atoms with E-state index in [1.165, 1.54) is 26.9 Å². The minimum Gasteiger partial charge on any atom is -0.456 e. The van der Waals surface area contributed by atoms with E-state index >= 15 is 0 Å². The van der Waals surface area contributed by atoms with E-state index in [2.05, 4.69) is 133 Å². The molecule has 2 aromatic heterocycles. The van der Waals surface area contributed by atoms with E-state index in [9.17, 15) is 0 Å². The normalized spacial score (nSPS) is 11.7. The van der Waals surface area contributed by atoms with Crippen molar-refractivity contribution in [1.82, 2.24) is 9.97 Å². The van der Waals surface area contributed by atoms with Gasteiger partial charge in [-0.3, -0.25) is 0 Å². The van der Waals surface area contributed by atoms with Crippen LogP contribution < -0.4 is 0 Å². The molecule has 0 aliphatic rings. The maximum atomic E-state index is 6.31. The first-order valence-electron chi connectivity index (χ1n) is 16.6. The van der Waals surface area contributed by atoms with Gasteiger partial charge in [-0.15, -0.1) is 0 Å². The van der Waals surface area contributed by atoms with Gasteiger partial charge in [-0.05, 0) is 67.7 Å². The molecule has 0 radical (unpaired) electrons. The fourth-order valence-electron chi connectivity index (χ4n) is 7.48. The molecule has 0 fully saturated rings. The number of rotatable bonds is 4. The minimum absolute atomic E-state index is 0.691. The van der Waals surface area contributed by atoms with Crippen LogP contribution in [0, 0.1) is 0 Å². The van der Waals surface area contributed by atoms with Crippen LogP contribution in [0.5, 0.6) is 0 Å². The second kappa shape index (κ2) is 11.0. The van der Waals surface area contributed by atoms with Gasteiger partial charge in [0, 0.05) is 27.5 Å². The van der Waals surface area contributed by atoms with Crippen LogP contribution in [0.15, 0.2) is 174 Å². The average molecular weight is 625 g/mol. The van der Waals surface area contributed by atoms with E-state index in [0.29, 0.717) is 5.82 Å². The Kier molecular flexibility index (Phi) is 6.18. The van der Waals surface area contributed by atoms with E-state index in [0.717, 1.165) is 66.5 Å². The first kappa shape index (κ1) is 27.5. The number of hydrogen-bond acceptors (Lipinski definition) is 3. The molecule has 0 unspecified atom stereocenters. The molecule has 8 aromatic carbocycles. The Morgan fingerprint density at radius 2 is 1.00 bits per heavy atom. The van der Waals surface area contributed by atoms with E-state index in [1.807, 2.05) is 36.4 Å². The monoisotopic (exact) mass is 624 g/mol. The van der Waals surface area contributed by atoms with Gasteiger partial charge in [-0.1, -0.05) is 146 Å².